The third kappa shape index (κ3) is 5.53. The normalized spacial score (nSPS) is 21.4. The summed E-state index contributed by atoms with van der Waals surface area (Å²) in [6.45, 7) is 9.57. The highest BCUT2D eigenvalue weighted by atomic mass is 16.6. The van der Waals surface area contributed by atoms with Crippen LogP contribution in [0.3, 0.4) is 0 Å². The number of carbonyl (C=O) groups excluding carboxylic acids is 1. The van der Waals surface area contributed by atoms with Crippen LogP contribution in [0.4, 0.5) is 4.79 Å². The molecule has 0 aromatic carbocycles. The van der Waals surface area contributed by atoms with E-state index in [0.717, 1.165) is 38.8 Å². The standard InChI is InChI=1S/C17H30N4O2/c1-5-9-21-12-18-10-13(21)11-19-14-7-6-8-15(14)20-16(22)23-17(2,3)4/h10,12,14-15,19H,5-9,11H2,1-4H3,(H,20,22). The van der Waals surface area contributed by atoms with Crippen LogP contribution in [0.5, 0.6) is 0 Å². The van der Waals surface area contributed by atoms with E-state index in [1.54, 1.807) is 0 Å². The summed E-state index contributed by atoms with van der Waals surface area (Å²) in [7, 11) is 0. The summed E-state index contributed by atoms with van der Waals surface area (Å²) in [4.78, 5) is 16.2. The van der Waals surface area contributed by atoms with Crippen LogP contribution in [0.1, 0.15) is 59.1 Å². The highest BCUT2D eigenvalue weighted by molar-refractivity contribution is 5.68. The zero-order valence-electron chi connectivity index (χ0n) is 14.8. The Hall–Kier alpha value is -1.56. The summed E-state index contributed by atoms with van der Waals surface area (Å²) in [5.74, 6) is 0. The van der Waals surface area contributed by atoms with Crippen molar-refractivity contribution in [1.82, 2.24) is 20.2 Å². The van der Waals surface area contributed by atoms with Crippen LogP contribution in [-0.2, 0) is 17.8 Å². The zero-order valence-corrected chi connectivity index (χ0v) is 14.8. The first kappa shape index (κ1) is 17.8. The summed E-state index contributed by atoms with van der Waals surface area (Å²) >= 11 is 0. The van der Waals surface area contributed by atoms with Gasteiger partial charge >= 0.3 is 6.09 Å². The molecule has 0 bridgehead atoms. The van der Waals surface area contributed by atoms with Gasteiger partial charge in [-0.05, 0) is 46.5 Å². The Kier molecular flexibility index (Phi) is 6.04. The van der Waals surface area contributed by atoms with Crippen LogP contribution in [0.2, 0.25) is 0 Å². The molecule has 130 valence electrons. The third-order valence-electron chi connectivity index (χ3n) is 4.03. The van der Waals surface area contributed by atoms with E-state index in [1.807, 2.05) is 33.3 Å². The number of nitrogens with one attached hydrogen (secondary N) is 2. The Morgan fingerprint density at radius 1 is 1.39 bits per heavy atom. The number of rotatable bonds is 6. The quantitative estimate of drug-likeness (QED) is 0.845. The van der Waals surface area contributed by atoms with E-state index in [2.05, 4.69) is 27.1 Å². The van der Waals surface area contributed by atoms with Gasteiger partial charge in [0, 0.05) is 31.4 Å². The molecule has 1 amide bonds. The SMILES string of the molecule is CCCn1cncc1CNC1CCCC1NC(=O)OC(C)(C)C. The molecule has 2 atom stereocenters. The third-order valence-corrected chi connectivity index (χ3v) is 4.03. The number of carbonyl (C=O) groups is 1. The number of imidazole rings is 1. The van der Waals surface area contributed by atoms with Gasteiger partial charge in [0.15, 0.2) is 0 Å². The van der Waals surface area contributed by atoms with Gasteiger partial charge < -0.3 is 19.9 Å². The molecule has 6 nitrogen and oxygen atoms in total. The van der Waals surface area contributed by atoms with E-state index in [9.17, 15) is 4.79 Å². The van der Waals surface area contributed by atoms with E-state index in [-0.39, 0.29) is 18.2 Å². The van der Waals surface area contributed by atoms with Crippen molar-refractivity contribution in [1.29, 1.82) is 0 Å². The molecule has 0 saturated heterocycles. The molecule has 1 aromatic heterocycles. The minimum absolute atomic E-state index is 0.132. The smallest absolute Gasteiger partial charge is 0.407 e. The number of nitrogens with zero attached hydrogens (tertiary/aromatic N) is 2. The first-order chi connectivity index (χ1) is 10.9. The van der Waals surface area contributed by atoms with Gasteiger partial charge in [-0.25, -0.2) is 9.78 Å². The number of hydrogen-bond donors (Lipinski definition) is 2. The van der Waals surface area contributed by atoms with Gasteiger partial charge in [0.05, 0.1) is 12.0 Å². The summed E-state index contributed by atoms with van der Waals surface area (Å²) in [6.07, 6.45) is 7.74. The number of alkyl carbamates (subject to hydrolysis) is 1. The fraction of sp³-hybridized carbons (Fsp3) is 0.765. The lowest BCUT2D eigenvalue weighted by Crippen LogP contribution is -2.47. The Labute approximate surface area is 139 Å². The van der Waals surface area contributed by atoms with Gasteiger partial charge in [-0.15, -0.1) is 0 Å². The molecule has 0 radical (unpaired) electrons. The zero-order chi connectivity index (χ0) is 16.9. The van der Waals surface area contributed by atoms with Crippen molar-refractivity contribution < 1.29 is 9.53 Å². The highest BCUT2D eigenvalue weighted by Gasteiger charge is 2.29. The molecule has 23 heavy (non-hydrogen) atoms. The summed E-state index contributed by atoms with van der Waals surface area (Å²) < 4.78 is 7.54. The van der Waals surface area contributed by atoms with Crippen molar-refractivity contribution in [3.63, 3.8) is 0 Å². The number of amides is 1. The molecule has 1 aliphatic rings. The minimum atomic E-state index is -0.460. The largest absolute Gasteiger partial charge is 0.444 e. The second-order valence-electron chi connectivity index (χ2n) is 7.25. The number of aromatic nitrogens is 2. The van der Waals surface area contributed by atoms with E-state index >= 15 is 0 Å². The molecule has 1 aliphatic carbocycles. The summed E-state index contributed by atoms with van der Waals surface area (Å²) in [6, 6.07) is 0.417. The van der Waals surface area contributed by atoms with Gasteiger partial charge in [0.2, 0.25) is 0 Å². The van der Waals surface area contributed by atoms with Crippen LogP contribution in [0.15, 0.2) is 12.5 Å². The molecular formula is C17H30N4O2. The Morgan fingerprint density at radius 3 is 2.83 bits per heavy atom. The van der Waals surface area contributed by atoms with E-state index in [0.29, 0.717) is 0 Å². The second-order valence-corrected chi connectivity index (χ2v) is 7.25. The molecule has 1 fully saturated rings. The maximum absolute atomic E-state index is 12.0. The van der Waals surface area contributed by atoms with E-state index < -0.39 is 5.60 Å². The maximum atomic E-state index is 12.0. The lowest BCUT2D eigenvalue weighted by molar-refractivity contribution is 0.0498. The van der Waals surface area contributed by atoms with Crippen LogP contribution < -0.4 is 10.6 Å². The van der Waals surface area contributed by atoms with Crippen LogP contribution >= 0.6 is 0 Å². The maximum Gasteiger partial charge on any atom is 0.407 e. The molecule has 1 heterocycles. The molecular weight excluding hydrogens is 292 g/mol. The van der Waals surface area contributed by atoms with Gasteiger partial charge in [-0.3, -0.25) is 0 Å². The molecule has 2 rings (SSSR count). The molecule has 0 spiro atoms. The minimum Gasteiger partial charge on any atom is -0.444 e. The Balaban J connectivity index is 1.84. The lowest BCUT2D eigenvalue weighted by Gasteiger charge is -2.25. The van der Waals surface area contributed by atoms with E-state index in [4.69, 9.17) is 4.74 Å². The van der Waals surface area contributed by atoms with Crippen molar-refractivity contribution in [3.05, 3.63) is 18.2 Å². The molecule has 0 aliphatic heterocycles. The molecule has 1 aromatic rings. The highest BCUT2D eigenvalue weighted by Crippen LogP contribution is 2.20. The van der Waals surface area contributed by atoms with Gasteiger partial charge in [0.25, 0.3) is 0 Å². The molecule has 1 saturated carbocycles. The fourth-order valence-corrected chi connectivity index (χ4v) is 3.01. The number of ether oxygens (including phenoxy) is 1. The van der Waals surface area contributed by atoms with E-state index in [1.165, 1.54) is 5.69 Å². The monoisotopic (exact) mass is 322 g/mol. The Bertz CT molecular complexity index is 507. The summed E-state index contributed by atoms with van der Waals surface area (Å²) in [5.41, 5.74) is 0.730. The van der Waals surface area contributed by atoms with Crippen molar-refractivity contribution in [2.24, 2.45) is 0 Å². The lowest BCUT2D eigenvalue weighted by atomic mass is 10.1. The predicted octanol–water partition coefficient (Wildman–Crippen LogP) is 2.83. The van der Waals surface area contributed by atoms with Crippen LogP contribution in [0, 0.1) is 0 Å². The first-order valence-electron chi connectivity index (χ1n) is 8.61. The average molecular weight is 322 g/mol. The molecule has 2 N–H and O–H groups in total. The fourth-order valence-electron chi connectivity index (χ4n) is 3.01. The van der Waals surface area contributed by atoms with Crippen molar-refractivity contribution in [2.75, 3.05) is 0 Å². The van der Waals surface area contributed by atoms with Crippen LogP contribution in [0.25, 0.3) is 0 Å². The number of hydrogen-bond acceptors (Lipinski definition) is 4. The topological polar surface area (TPSA) is 68.2 Å². The van der Waals surface area contributed by atoms with Gasteiger partial charge in [-0.1, -0.05) is 6.92 Å². The first-order valence-corrected chi connectivity index (χ1v) is 8.61. The van der Waals surface area contributed by atoms with Crippen molar-refractivity contribution >= 4 is 6.09 Å². The Morgan fingerprint density at radius 2 is 2.13 bits per heavy atom. The average Bonchev–Trinajstić information content (AvgIpc) is 3.04. The van der Waals surface area contributed by atoms with Crippen molar-refractivity contribution in [3.8, 4) is 0 Å². The van der Waals surface area contributed by atoms with Crippen LogP contribution in [-0.4, -0.2) is 33.3 Å². The number of aryl methyl sites for hydroxylation is 1. The summed E-state index contributed by atoms with van der Waals surface area (Å²) in [5, 5.41) is 6.58. The predicted molar refractivity (Wildman–Crippen MR) is 90.2 cm³/mol. The van der Waals surface area contributed by atoms with Gasteiger partial charge in [0.1, 0.15) is 5.60 Å². The van der Waals surface area contributed by atoms with Gasteiger partial charge in [-0.2, -0.15) is 0 Å². The second kappa shape index (κ2) is 7.81. The van der Waals surface area contributed by atoms with Crippen molar-refractivity contribution in [2.45, 2.75) is 84.2 Å². The molecule has 6 heteroatoms. The molecule has 2 unspecified atom stereocenters.